The SMILES string of the molecule is CC(C)Cn1c(SCc2nnc(-c3ccccc3)o2)nc2sc3c(c2c1=O)CCC(C)C3. The Morgan fingerprint density at radius 2 is 2.06 bits per heavy atom. The van der Waals surface area contributed by atoms with E-state index in [0.717, 1.165) is 40.2 Å². The minimum absolute atomic E-state index is 0.0914. The van der Waals surface area contributed by atoms with Crippen molar-refractivity contribution in [2.24, 2.45) is 11.8 Å². The first-order valence-corrected chi connectivity index (χ1v) is 12.9. The van der Waals surface area contributed by atoms with Crippen LogP contribution in [0.2, 0.25) is 0 Å². The van der Waals surface area contributed by atoms with Gasteiger partial charge in [-0.1, -0.05) is 50.7 Å². The van der Waals surface area contributed by atoms with E-state index in [2.05, 4.69) is 31.0 Å². The third-order valence-corrected chi connectivity index (χ3v) is 7.85. The summed E-state index contributed by atoms with van der Waals surface area (Å²) in [6, 6.07) is 9.73. The van der Waals surface area contributed by atoms with E-state index in [1.165, 1.54) is 22.2 Å². The zero-order chi connectivity index (χ0) is 22.2. The smallest absolute Gasteiger partial charge is 0.263 e. The summed E-state index contributed by atoms with van der Waals surface area (Å²) in [5.74, 6) is 2.51. The fourth-order valence-corrected chi connectivity index (χ4v) is 6.45. The Bertz CT molecular complexity index is 1310. The number of hydrogen-bond acceptors (Lipinski definition) is 7. The fraction of sp³-hybridized carbons (Fsp3) is 0.417. The molecule has 4 aromatic rings. The van der Waals surface area contributed by atoms with Gasteiger partial charge >= 0.3 is 0 Å². The number of hydrogen-bond donors (Lipinski definition) is 0. The van der Waals surface area contributed by atoms with Gasteiger partial charge < -0.3 is 4.42 Å². The predicted octanol–water partition coefficient (Wildman–Crippen LogP) is 5.58. The van der Waals surface area contributed by atoms with E-state index in [-0.39, 0.29) is 5.56 Å². The van der Waals surface area contributed by atoms with Gasteiger partial charge in [-0.2, -0.15) is 0 Å². The van der Waals surface area contributed by atoms with Gasteiger partial charge in [0.25, 0.3) is 5.56 Å². The van der Waals surface area contributed by atoms with Gasteiger partial charge in [0.05, 0.1) is 11.1 Å². The molecule has 0 saturated carbocycles. The molecule has 32 heavy (non-hydrogen) atoms. The highest BCUT2D eigenvalue weighted by Gasteiger charge is 2.25. The largest absolute Gasteiger partial charge is 0.420 e. The normalized spacial score (nSPS) is 16.1. The van der Waals surface area contributed by atoms with Crippen molar-refractivity contribution < 1.29 is 4.42 Å². The second kappa shape index (κ2) is 8.83. The topological polar surface area (TPSA) is 73.8 Å². The van der Waals surface area contributed by atoms with Crippen molar-refractivity contribution in [3.05, 3.63) is 57.0 Å². The van der Waals surface area contributed by atoms with Gasteiger partial charge in [0.15, 0.2) is 5.16 Å². The summed E-state index contributed by atoms with van der Waals surface area (Å²) in [4.78, 5) is 20.7. The van der Waals surface area contributed by atoms with Crippen molar-refractivity contribution in [1.82, 2.24) is 19.7 Å². The lowest BCUT2D eigenvalue weighted by Crippen LogP contribution is -2.26. The number of benzene rings is 1. The van der Waals surface area contributed by atoms with Gasteiger partial charge in [0.1, 0.15) is 4.83 Å². The molecule has 1 atom stereocenters. The lowest BCUT2D eigenvalue weighted by atomic mass is 9.89. The number of nitrogens with zero attached hydrogens (tertiary/aromatic N) is 4. The Hall–Kier alpha value is -2.45. The number of aryl methyl sites for hydroxylation is 1. The summed E-state index contributed by atoms with van der Waals surface area (Å²) in [5, 5.41) is 9.93. The Morgan fingerprint density at radius 3 is 2.84 bits per heavy atom. The highest BCUT2D eigenvalue weighted by molar-refractivity contribution is 7.98. The highest BCUT2D eigenvalue weighted by atomic mass is 32.2. The molecule has 1 aliphatic rings. The second-order valence-electron chi connectivity index (χ2n) is 8.89. The van der Waals surface area contributed by atoms with Crippen LogP contribution in [-0.4, -0.2) is 19.7 Å². The van der Waals surface area contributed by atoms with Gasteiger partial charge in [-0.15, -0.1) is 21.5 Å². The van der Waals surface area contributed by atoms with E-state index in [1.807, 2.05) is 34.9 Å². The molecule has 0 amide bonds. The molecule has 0 aliphatic heterocycles. The standard InChI is InChI=1S/C24H26N4O2S2/c1-14(2)12-28-23(29)20-17-10-9-15(3)11-18(17)32-22(20)25-24(28)31-13-19-26-27-21(30-19)16-7-5-4-6-8-16/h4-8,14-15H,9-13H2,1-3H3. The molecule has 0 saturated heterocycles. The molecule has 3 aromatic heterocycles. The Morgan fingerprint density at radius 1 is 1.25 bits per heavy atom. The van der Waals surface area contributed by atoms with Crippen molar-refractivity contribution >= 4 is 33.3 Å². The summed E-state index contributed by atoms with van der Waals surface area (Å²) in [7, 11) is 0. The van der Waals surface area contributed by atoms with E-state index in [0.29, 0.717) is 35.9 Å². The maximum Gasteiger partial charge on any atom is 0.263 e. The van der Waals surface area contributed by atoms with Crippen LogP contribution < -0.4 is 5.56 Å². The molecule has 0 fully saturated rings. The maximum absolute atomic E-state index is 13.6. The first-order valence-electron chi connectivity index (χ1n) is 11.0. The molecule has 0 radical (unpaired) electrons. The van der Waals surface area contributed by atoms with Crippen LogP contribution in [0.3, 0.4) is 0 Å². The molecule has 1 aromatic carbocycles. The van der Waals surface area contributed by atoms with Gasteiger partial charge in [-0.25, -0.2) is 4.98 Å². The molecule has 166 valence electrons. The summed E-state index contributed by atoms with van der Waals surface area (Å²) < 4.78 is 7.70. The van der Waals surface area contributed by atoms with E-state index in [9.17, 15) is 4.79 Å². The van der Waals surface area contributed by atoms with Crippen LogP contribution in [0, 0.1) is 11.8 Å². The molecule has 1 aliphatic carbocycles. The molecule has 0 N–H and O–H groups in total. The number of thioether (sulfide) groups is 1. The molecular weight excluding hydrogens is 440 g/mol. The van der Waals surface area contributed by atoms with Crippen LogP contribution in [0.15, 0.2) is 44.7 Å². The maximum atomic E-state index is 13.6. The van der Waals surface area contributed by atoms with Crippen LogP contribution in [0.1, 0.15) is 43.5 Å². The van der Waals surface area contributed by atoms with Crippen molar-refractivity contribution in [3.8, 4) is 11.5 Å². The summed E-state index contributed by atoms with van der Waals surface area (Å²) in [5.41, 5.74) is 2.22. The fourth-order valence-electron chi connectivity index (χ4n) is 4.18. The van der Waals surface area contributed by atoms with Crippen LogP contribution in [0.5, 0.6) is 0 Å². The van der Waals surface area contributed by atoms with Crippen molar-refractivity contribution in [2.45, 2.75) is 57.5 Å². The molecule has 6 nitrogen and oxygen atoms in total. The zero-order valence-electron chi connectivity index (χ0n) is 18.5. The van der Waals surface area contributed by atoms with Crippen LogP contribution in [0.25, 0.3) is 21.7 Å². The third kappa shape index (κ3) is 4.13. The molecule has 5 rings (SSSR count). The van der Waals surface area contributed by atoms with Crippen LogP contribution in [-0.2, 0) is 25.1 Å². The van der Waals surface area contributed by atoms with E-state index < -0.39 is 0 Å². The van der Waals surface area contributed by atoms with E-state index in [1.54, 1.807) is 11.3 Å². The predicted molar refractivity (Wildman–Crippen MR) is 129 cm³/mol. The summed E-state index contributed by atoms with van der Waals surface area (Å²) in [6.07, 6.45) is 3.17. The quantitative estimate of drug-likeness (QED) is 0.273. The zero-order valence-corrected chi connectivity index (χ0v) is 20.1. The van der Waals surface area contributed by atoms with Gasteiger partial charge in [0.2, 0.25) is 11.8 Å². The first kappa shape index (κ1) is 21.4. The summed E-state index contributed by atoms with van der Waals surface area (Å²) >= 11 is 3.18. The molecule has 0 bridgehead atoms. The molecule has 0 spiro atoms. The van der Waals surface area contributed by atoms with Crippen LogP contribution >= 0.6 is 23.1 Å². The Kier molecular flexibility index (Phi) is 5.90. The van der Waals surface area contributed by atoms with Crippen molar-refractivity contribution in [2.75, 3.05) is 0 Å². The number of fused-ring (bicyclic) bond motifs is 3. The monoisotopic (exact) mass is 466 g/mol. The van der Waals surface area contributed by atoms with E-state index in [4.69, 9.17) is 9.40 Å². The lowest BCUT2D eigenvalue weighted by Gasteiger charge is -2.18. The van der Waals surface area contributed by atoms with E-state index >= 15 is 0 Å². The van der Waals surface area contributed by atoms with Crippen molar-refractivity contribution in [3.63, 3.8) is 0 Å². The van der Waals surface area contributed by atoms with Crippen LogP contribution in [0.4, 0.5) is 0 Å². The third-order valence-electron chi connectivity index (χ3n) is 5.74. The van der Waals surface area contributed by atoms with Gasteiger partial charge in [0, 0.05) is 17.0 Å². The Labute approximate surface area is 195 Å². The average molecular weight is 467 g/mol. The summed E-state index contributed by atoms with van der Waals surface area (Å²) in [6.45, 7) is 7.18. The Balaban J connectivity index is 1.48. The molecule has 1 unspecified atom stereocenters. The van der Waals surface area contributed by atoms with Gasteiger partial charge in [-0.05, 0) is 48.8 Å². The molecule has 3 heterocycles. The minimum atomic E-state index is 0.0914. The number of aromatic nitrogens is 4. The number of thiophene rings is 1. The number of rotatable bonds is 6. The van der Waals surface area contributed by atoms with Crippen molar-refractivity contribution in [1.29, 1.82) is 0 Å². The van der Waals surface area contributed by atoms with Gasteiger partial charge in [-0.3, -0.25) is 9.36 Å². The molecule has 8 heteroatoms. The lowest BCUT2D eigenvalue weighted by molar-refractivity contribution is 0.474. The second-order valence-corrected chi connectivity index (χ2v) is 10.9. The highest BCUT2D eigenvalue weighted by Crippen LogP contribution is 2.37. The minimum Gasteiger partial charge on any atom is -0.420 e. The molecular formula is C24H26N4O2S2. The average Bonchev–Trinajstić information content (AvgIpc) is 3.39. The first-order chi connectivity index (χ1) is 15.5.